The zero-order valence-corrected chi connectivity index (χ0v) is 11.5. The number of hydrogen-bond acceptors (Lipinski definition) is 5. The minimum atomic E-state index is -2.91. The summed E-state index contributed by atoms with van der Waals surface area (Å²) in [4.78, 5) is 12.9. The fourth-order valence-electron chi connectivity index (χ4n) is 1.99. The van der Waals surface area contributed by atoms with Gasteiger partial charge in [-0.25, -0.2) is 13.2 Å². The fourth-order valence-corrected chi connectivity index (χ4v) is 3.30. The van der Waals surface area contributed by atoms with E-state index in [1.807, 2.05) is 4.90 Å². The number of rotatable bonds is 6. The number of sulfone groups is 1. The molecule has 0 spiro atoms. The number of carbonyl (C=O) groups is 1. The van der Waals surface area contributed by atoms with Gasteiger partial charge in [-0.2, -0.15) is 0 Å². The van der Waals surface area contributed by atoms with Crippen molar-refractivity contribution in [3.63, 3.8) is 0 Å². The monoisotopic (exact) mass is 279 g/mol. The van der Waals surface area contributed by atoms with Crippen LogP contribution in [0.2, 0.25) is 0 Å². The Kier molecular flexibility index (Phi) is 6.04. The first-order chi connectivity index (χ1) is 8.44. The Morgan fingerprint density at radius 3 is 2.72 bits per heavy atom. The second kappa shape index (κ2) is 7.06. The van der Waals surface area contributed by atoms with Crippen LogP contribution in [0.3, 0.4) is 0 Å². The molecule has 0 amide bonds. The lowest BCUT2D eigenvalue weighted by atomic mass is 10.2. The van der Waals surface area contributed by atoms with Gasteiger partial charge in [-0.15, -0.1) is 0 Å². The molecule has 1 heterocycles. The largest absolute Gasteiger partial charge is 0.479 e. The summed E-state index contributed by atoms with van der Waals surface area (Å²) in [5.41, 5.74) is 0. The quantitative estimate of drug-likeness (QED) is 0.736. The molecule has 0 saturated carbocycles. The number of carboxylic acids is 1. The van der Waals surface area contributed by atoms with Crippen molar-refractivity contribution in [3.05, 3.63) is 0 Å². The number of hydrogen-bond donors (Lipinski definition) is 1. The average molecular weight is 279 g/mol. The van der Waals surface area contributed by atoms with Crippen molar-refractivity contribution in [2.75, 3.05) is 37.7 Å². The molecule has 106 valence electrons. The summed E-state index contributed by atoms with van der Waals surface area (Å²) in [5, 5.41) is 8.93. The van der Waals surface area contributed by atoms with E-state index in [2.05, 4.69) is 0 Å². The van der Waals surface area contributed by atoms with Gasteiger partial charge in [0.1, 0.15) is 0 Å². The third kappa shape index (κ3) is 5.32. The van der Waals surface area contributed by atoms with Gasteiger partial charge in [0, 0.05) is 19.7 Å². The highest BCUT2D eigenvalue weighted by Gasteiger charge is 2.22. The summed E-state index contributed by atoms with van der Waals surface area (Å²) >= 11 is 0. The van der Waals surface area contributed by atoms with Gasteiger partial charge in [0.25, 0.3) is 0 Å². The minimum absolute atomic E-state index is 0.166. The van der Waals surface area contributed by atoms with Crippen molar-refractivity contribution >= 4 is 15.8 Å². The van der Waals surface area contributed by atoms with Gasteiger partial charge < -0.3 is 14.7 Å². The number of aliphatic carboxylic acids is 1. The SMILES string of the molecule is CCOC(CCN1CCCS(=O)(=O)CC1)C(=O)O. The molecule has 1 saturated heterocycles. The normalized spacial score (nSPS) is 22.3. The highest BCUT2D eigenvalue weighted by Crippen LogP contribution is 2.08. The first-order valence-electron chi connectivity index (χ1n) is 6.22. The van der Waals surface area contributed by atoms with Gasteiger partial charge in [-0.3, -0.25) is 0 Å². The van der Waals surface area contributed by atoms with E-state index in [1.54, 1.807) is 6.92 Å². The molecule has 1 unspecified atom stereocenters. The predicted molar refractivity (Wildman–Crippen MR) is 67.4 cm³/mol. The molecule has 0 radical (unpaired) electrons. The summed E-state index contributed by atoms with van der Waals surface area (Å²) in [6.07, 6.45) is 0.215. The van der Waals surface area contributed by atoms with Gasteiger partial charge in [0.2, 0.25) is 0 Å². The van der Waals surface area contributed by atoms with E-state index in [0.717, 1.165) is 0 Å². The van der Waals surface area contributed by atoms with Crippen LogP contribution in [0.4, 0.5) is 0 Å². The first kappa shape index (κ1) is 15.4. The molecule has 0 aromatic rings. The molecular formula is C11H21NO5S. The Bertz CT molecular complexity index is 368. The molecule has 1 fully saturated rings. The maximum absolute atomic E-state index is 11.4. The molecule has 1 aliphatic heterocycles. The van der Waals surface area contributed by atoms with E-state index < -0.39 is 21.9 Å². The van der Waals surface area contributed by atoms with E-state index in [9.17, 15) is 13.2 Å². The lowest BCUT2D eigenvalue weighted by molar-refractivity contribution is -0.150. The van der Waals surface area contributed by atoms with Crippen LogP contribution < -0.4 is 0 Å². The van der Waals surface area contributed by atoms with E-state index in [4.69, 9.17) is 9.84 Å². The summed E-state index contributed by atoms with van der Waals surface area (Å²) in [5.74, 6) is -0.559. The summed E-state index contributed by atoms with van der Waals surface area (Å²) in [7, 11) is -2.91. The zero-order chi connectivity index (χ0) is 13.6. The Morgan fingerprint density at radius 2 is 2.11 bits per heavy atom. The smallest absolute Gasteiger partial charge is 0.332 e. The van der Waals surface area contributed by atoms with Crippen LogP contribution in [-0.2, 0) is 19.4 Å². The van der Waals surface area contributed by atoms with Gasteiger partial charge in [0.05, 0.1) is 11.5 Å². The Morgan fingerprint density at radius 1 is 1.39 bits per heavy atom. The molecule has 0 aromatic carbocycles. The van der Waals surface area contributed by atoms with Crippen LogP contribution in [0, 0.1) is 0 Å². The molecule has 1 rings (SSSR count). The Balaban J connectivity index is 2.40. The summed E-state index contributed by atoms with van der Waals surface area (Å²) < 4.78 is 28.0. The third-order valence-electron chi connectivity index (χ3n) is 3.00. The van der Waals surface area contributed by atoms with Crippen LogP contribution in [0.15, 0.2) is 0 Å². The fraction of sp³-hybridized carbons (Fsp3) is 0.909. The molecule has 1 aliphatic rings. The van der Waals surface area contributed by atoms with E-state index in [0.29, 0.717) is 39.1 Å². The maximum Gasteiger partial charge on any atom is 0.332 e. The Labute approximate surface area is 108 Å². The standard InChI is InChI=1S/C11H21NO5S/c1-2-17-10(11(13)14)4-6-12-5-3-8-18(15,16)9-7-12/h10H,2-9H2,1H3,(H,13,14). The van der Waals surface area contributed by atoms with Crippen molar-refractivity contribution < 1.29 is 23.1 Å². The number of nitrogens with zero attached hydrogens (tertiary/aromatic N) is 1. The molecular weight excluding hydrogens is 258 g/mol. The zero-order valence-electron chi connectivity index (χ0n) is 10.7. The van der Waals surface area contributed by atoms with Crippen LogP contribution in [-0.4, -0.2) is 68.2 Å². The first-order valence-corrected chi connectivity index (χ1v) is 8.04. The highest BCUT2D eigenvalue weighted by atomic mass is 32.2. The van der Waals surface area contributed by atoms with Crippen LogP contribution in [0.1, 0.15) is 19.8 Å². The molecule has 18 heavy (non-hydrogen) atoms. The maximum atomic E-state index is 11.4. The molecule has 6 nitrogen and oxygen atoms in total. The minimum Gasteiger partial charge on any atom is -0.479 e. The lowest BCUT2D eigenvalue weighted by Gasteiger charge is -2.21. The van der Waals surface area contributed by atoms with Crippen LogP contribution >= 0.6 is 0 Å². The van der Waals surface area contributed by atoms with E-state index in [-0.39, 0.29) is 11.5 Å². The highest BCUT2D eigenvalue weighted by molar-refractivity contribution is 7.91. The van der Waals surface area contributed by atoms with Crippen molar-refractivity contribution in [2.45, 2.75) is 25.9 Å². The molecule has 1 N–H and O–H groups in total. The topological polar surface area (TPSA) is 83.9 Å². The molecule has 0 bridgehead atoms. The third-order valence-corrected chi connectivity index (χ3v) is 4.71. The molecule has 0 aromatic heterocycles. The Hall–Kier alpha value is -0.660. The van der Waals surface area contributed by atoms with Gasteiger partial charge in [-0.1, -0.05) is 0 Å². The summed E-state index contributed by atoms with van der Waals surface area (Å²) in [6, 6.07) is 0. The van der Waals surface area contributed by atoms with Crippen molar-refractivity contribution in [1.82, 2.24) is 4.90 Å². The number of carboxylic acid groups (broad SMARTS) is 1. The van der Waals surface area contributed by atoms with Gasteiger partial charge in [-0.05, 0) is 26.3 Å². The molecule has 1 atom stereocenters. The van der Waals surface area contributed by atoms with Crippen molar-refractivity contribution in [1.29, 1.82) is 0 Å². The summed E-state index contributed by atoms with van der Waals surface area (Å²) in [6.45, 7) is 3.88. The van der Waals surface area contributed by atoms with Crippen molar-refractivity contribution in [2.24, 2.45) is 0 Å². The van der Waals surface area contributed by atoms with Gasteiger partial charge >= 0.3 is 5.97 Å². The van der Waals surface area contributed by atoms with E-state index in [1.165, 1.54) is 0 Å². The molecule has 7 heteroatoms. The predicted octanol–water partition coefficient (Wildman–Crippen LogP) is -0.0133. The second-order valence-corrected chi connectivity index (χ2v) is 6.72. The van der Waals surface area contributed by atoms with Crippen LogP contribution in [0.5, 0.6) is 0 Å². The van der Waals surface area contributed by atoms with Crippen LogP contribution in [0.25, 0.3) is 0 Å². The van der Waals surface area contributed by atoms with E-state index >= 15 is 0 Å². The van der Waals surface area contributed by atoms with Crippen molar-refractivity contribution in [3.8, 4) is 0 Å². The second-order valence-electron chi connectivity index (χ2n) is 4.42. The molecule has 0 aliphatic carbocycles. The van der Waals surface area contributed by atoms with Gasteiger partial charge in [0.15, 0.2) is 15.9 Å². The number of ether oxygens (including phenoxy) is 1. The lowest BCUT2D eigenvalue weighted by Crippen LogP contribution is -2.33. The average Bonchev–Trinajstić information content (AvgIpc) is 2.45.